The molecule has 6 aromatic carbocycles. The third-order valence-corrected chi connectivity index (χ3v) is 14.3. The lowest BCUT2D eigenvalue weighted by atomic mass is 9.43. The summed E-state index contributed by atoms with van der Waals surface area (Å²) in [4.78, 5) is 0. The second kappa shape index (κ2) is 9.27. The van der Waals surface area contributed by atoms with E-state index in [0.29, 0.717) is 0 Å². The number of nitrogens with zero attached hydrogens (tertiary/aromatic N) is 1. The van der Waals surface area contributed by atoms with Crippen LogP contribution in [0.1, 0.15) is 43.2 Å². The van der Waals surface area contributed by atoms with E-state index in [4.69, 9.17) is 0 Å². The predicted molar refractivity (Wildman–Crippen MR) is 202 cm³/mol. The molecule has 2 heterocycles. The molecule has 2 heteroatoms. The van der Waals surface area contributed by atoms with Crippen molar-refractivity contribution >= 4 is 53.3 Å². The zero-order chi connectivity index (χ0) is 31.1. The van der Waals surface area contributed by atoms with E-state index < -0.39 is 0 Å². The summed E-state index contributed by atoms with van der Waals surface area (Å²) in [5, 5.41) is 5.35. The normalized spacial score (nSPS) is 25.2. The van der Waals surface area contributed by atoms with Crippen LogP contribution in [0.3, 0.4) is 0 Å². The molecule has 0 N–H and O–H groups in total. The largest absolute Gasteiger partial charge is 0.309 e. The van der Waals surface area contributed by atoms with Crippen molar-refractivity contribution in [1.82, 2.24) is 4.57 Å². The molecular formula is C46H35NS. The maximum absolute atomic E-state index is 2.57. The Kier molecular flexibility index (Phi) is 5.08. The molecule has 5 aliphatic rings. The van der Waals surface area contributed by atoms with Gasteiger partial charge in [0.1, 0.15) is 0 Å². The van der Waals surface area contributed by atoms with Crippen LogP contribution in [0, 0.1) is 23.7 Å². The van der Waals surface area contributed by atoms with Gasteiger partial charge in [0, 0.05) is 42.0 Å². The van der Waals surface area contributed by atoms with Crippen LogP contribution in [0.25, 0.3) is 69.9 Å². The Hall–Kier alpha value is -4.66. The minimum Gasteiger partial charge on any atom is -0.309 e. The first-order valence-corrected chi connectivity index (χ1v) is 18.8. The van der Waals surface area contributed by atoms with E-state index in [1.807, 2.05) is 11.3 Å². The number of benzene rings is 6. The van der Waals surface area contributed by atoms with Gasteiger partial charge in [0.15, 0.2) is 0 Å². The number of hydrogen-bond acceptors (Lipinski definition) is 1. The van der Waals surface area contributed by atoms with E-state index in [1.54, 1.807) is 11.1 Å². The number of aromatic nitrogens is 1. The predicted octanol–water partition coefficient (Wildman–Crippen LogP) is 12.5. The molecule has 0 aliphatic heterocycles. The highest BCUT2D eigenvalue weighted by Crippen LogP contribution is 2.69. The highest BCUT2D eigenvalue weighted by molar-refractivity contribution is 7.25. The van der Waals surface area contributed by atoms with E-state index in [0.717, 1.165) is 23.7 Å². The Morgan fingerprint density at radius 3 is 2.06 bits per heavy atom. The molecule has 1 nitrogen and oxygen atoms in total. The molecule has 4 fully saturated rings. The fourth-order valence-corrected chi connectivity index (χ4v) is 12.8. The summed E-state index contributed by atoms with van der Waals surface area (Å²) in [7, 11) is 0. The fraction of sp³-hybridized carbons (Fsp3) is 0.217. The average molecular weight is 634 g/mol. The van der Waals surface area contributed by atoms with Crippen molar-refractivity contribution in [1.29, 1.82) is 0 Å². The van der Waals surface area contributed by atoms with E-state index >= 15 is 0 Å². The molecule has 4 bridgehead atoms. The molecule has 5 aliphatic carbocycles. The van der Waals surface area contributed by atoms with Gasteiger partial charge in [-0.1, -0.05) is 91.0 Å². The second-order valence-corrected chi connectivity index (χ2v) is 16.4. The fourth-order valence-electron chi connectivity index (χ4n) is 11.7. The van der Waals surface area contributed by atoms with Crippen molar-refractivity contribution in [2.24, 2.45) is 23.7 Å². The molecule has 1 spiro atoms. The van der Waals surface area contributed by atoms with Crippen molar-refractivity contribution < 1.29 is 0 Å². The van der Waals surface area contributed by atoms with Crippen molar-refractivity contribution in [3.8, 4) is 27.9 Å². The molecule has 2 aromatic heterocycles. The number of para-hydroxylation sites is 1. The minimum absolute atomic E-state index is 0.202. The smallest absolute Gasteiger partial charge is 0.0547 e. The highest BCUT2D eigenvalue weighted by Gasteiger charge is 2.61. The Labute approximate surface area is 284 Å². The Morgan fingerprint density at radius 2 is 1.19 bits per heavy atom. The van der Waals surface area contributed by atoms with Gasteiger partial charge < -0.3 is 4.57 Å². The van der Waals surface area contributed by atoms with Gasteiger partial charge in [-0.3, -0.25) is 0 Å². The summed E-state index contributed by atoms with van der Waals surface area (Å²) < 4.78 is 5.25. The molecule has 0 saturated heterocycles. The van der Waals surface area contributed by atoms with E-state index in [9.17, 15) is 0 Å². The summed E-state index contributed by atoms with van der Waals surface area (Å²) in [6.45, 7) is 0. The van der Waals surface area contributed by atoms with Gasteiger partial charge in [0.05, 0.1) is 11.0 Å². The summed E-state index contributed by atoms with van der Waals surface area (Å²) >= 11 is 1.90. The number of hydrogen-bond donors (Lipinski definition) is 0. The zero-order valence-electron chi connectivity index (χ0n) is 26.8. The van der Waals surface area contributed by atoms with Crippen LogP contribution in [0.15, 0.2) is 127 Å². The Balaban J connectivity index is 1.10. The van der Waals surface area contributed by atoms with Crippen LogP contribution in [0.5, 0.6) is 0 Å². The number of rotatable bonds is 2. The van der Waals surface area contributed by atoms with Crippen LogP contribution in [-0.4, -0.2) is 4.57 Å². The van der Waals surface area contributed by atoms with Crippen LogP contribution < -0.4 is 0 Å². The Bertz CT molecular complexity index is 2620. The van der Waals surface area contributed by atoms with Crippen LogP contribution in [-0.2, 0) is 5.41 Å². The molecule has 0 unspecified atom stereocenters. The van der Waals surface area contributed by atoms with Crippen LogP contribution in [0.4, 0.5) is 0 Å². The van der Waals surface area contributed by atoms with Crippen molar-refractivity contribution in [2.75, 3.05) is 0 Å². The third-order valence-electron chi connectivity index (χ3n) is 13.2. The summed E-state index contributed by atoms with van der Waals surface area (Å²) in [5.41, 5.74) is 12.8. The summed E-state index contributed by atoms with van der Waals surface area (Å²) in [6, 6.07) is 48.9. The van der Waals surface area contributed by atoms with Crippen molar-refractivity contribution in [2.45, 2.75) is 37.5 Å². The first kappa shape index (κ1) is 26.3. The van der Waals surface area contributed by atoms with E-state index in [1.165, 1.54) is 102 Å². The average Bonchev–Trinajstić information content (AvgIpc) is 3.76. The van der Waals surface area contributed by atoms with Crippen molar-refractivity contribution in [3.63, 3.8) is 0 Å². The van der Waals surface area contributed by atoms with Gasteiger partial charge in [-0.2, -0.15) is 0 Å². The molecule has 0 atom stereocenters. The van der Waals surface area contributed by atoms with Gasteiger partial charge >= 0.3 is 0 Å². The first-order valence-electron chi connectivity index (χ1n) is 17.9. The summed E-state index contributed by atoms with van der Waals surface area (Å²) in [6.07, 6.45) is 7.17. The molecule has 13 rings (SSSR count). The standard InChI is InChI=1S/C46H35NS/c1-4-12-39-34(8-1)38-26-32(17-19-40(38)46(39)30-21-27-20-28(23-30)24-31(46)22-27)47-41-13-5-2-9-35(41)36-18-16-29(25-42(36)47)33-11-7-15-44-45(33)37-10-3-6-14-43(37)48-44/h1-19,25-28,30-31H,20-24H2. The van der Waals surface area contributed by atoms with Crippen molar-refractivity contribution in [3.05, 3.63) is 139 Å². The van der Waals surface area contributed by atoms with Gasteiger partial charge in [-0.25, -0.2) is 0 Å². The Morgan fingerprint density at radius 1 is 0.500 bits per heavy atom. The molecule has 0 radical (unpaired) electrons. The van der Waals surface area contributed by atoms with Gasteiger partial charge in [0.2, 0.25) is 0 Å². The molecule has 8 aromatic rings. The molecule has 4 saturated carbocycles. The maximum atomic E-state index is 2.57. The molecule has 230 valence electrons. The zero-order valence-corrected chi connectivity index (χ0v) is 27.6. The van der Waals surface area contributed by atoms with Crippen LogP contribution >= 0.6 is 11.3 Å². The second-order valence-electron chi connectivity index (χ2n) is 15.3. The van der Waals surface area contributed by atoms with Gasteiger partial charge in [-0.05, 0) is 126 Å². The summed E-state index contributed by atoms with van der Waals surface area (Å²) in [5.74, 6) is 3.49. The van der Waals surface area contributed by atoms with Gasteiger partial charge in [-0.15, -0.1) is 11.3 Å². The monoisotopic (exact) mass is 633 g/mol. The minimum atomic E-state index is 0.202. The maximum Gasteiger partial charge on any atom is 0.0547 e. The topological polar surface area (TPSA) is 4.93 Å². The lowest BCUT2D eigenvalue weighted by Crippen LogP contribution is -2.55. The molecule has 48 heavy (non-hydrogen) atoms. The SMILES string of the molecule is c1ccc2c(c1)-c1cc(-n3c4ccccc4c4ccc(-c5cccc6sc7ccccc7c56)cc43)ccc1C21C2CC3CC(C2)CC1C3. The lowest BCUT2D eigenvalue weighted by Gasteiger charge is -2.61. The first-order chi connectivity index (χ1) is 23.8. The van der Waals surface area contributed by atoms with E-state index in [-0.39, 0.29) is 5.41 Å². The van der Waals surface area contributed by atoms with Crippen LogP contribution in [0.2, 0.25) is 0 Å². The molecule has 0 amide bonds. The quantitative estimate of drug-likeness (QED) is 0.178. The van der Waals surface area contributed by atoms with E-state index in [2.05, 4.69) is 132 Å². The number of thiophene rings is 1. The highest BCUT2D eigenvalue weighted by atomic mass is 32.1. The molecular weight excluding hydrogens is 599 g/mol. The lowest BCUT2D eigenvalue weighted by molar-refractivity contribution is -0.0399. The van der Waals surface area contributed by atoms with Gasteiger partial charge in [0.25, 0.3) is 0 Å². The number of fused-ring (bicyclic) bond motifs is 9. The third kappa shape index (κ3) is 3.23.